The number of hydrazone groups is 1. The first-order valence-corrected chi connectivity index (χ1v) is 10.1. The highest BCUT2D eigenvalue weighted by atomic mass is 35.5. The van der Waals surface area contributed by atoms with E-state index >= 15 is 0 Å². The number of hydrogen-bond acceptors (Lipinski definition) is 5. The molecule has 1 aromatic heterocycles. The van der Waals surface area contributed by atoms with Crippen molar-refractivity contribution in [1.29, 1.82) is 0 Å². The zero-order valence-corrected chi connectivity index (χ0v) is 17.6. The summed E-state index contributed by atoms with van der Waals surface area (Å²) in [4.78, 5) is 12.3. The van der Waals surface area contributed by atoms with Crippen molar-refractivity contribution in [3.05, 3.63) is 101 Å². The maximum absolute atomic E-state index is 12.3. The average Bonchev–Trinajstić information content (AvgIpc) is 3.31. The van der Waals surface area contributed by atoms with Gasteiger partial charge in [0.05, 0.1) is 11.9 Å². The summed E-state index contributed by atoms with van der Waals surface area (Å²) in [5.41, 5.74) is 5.88. The number of phenols is 1. The van der Waals surface area contributed by atoms with Gasteiger partial charge in [0.25, 0.3) is 5.91 Å². The molecule has 0 unspecified atom stereocenters. The molecule has 3 N–H and O–H groups in total. The molecule has 4 rings (SSSR count). The average molecular weight is 447 g/mol. The Morgan fingerprint density at radius 2 is 1.88 bits per heavy atom. The van der Waals surface area contributed by atoms with E-state index in [0.29, 0.717) is 23.1 Å². The number of hydrogen-bond donors (Lipinski definition) is 3. The van der Waals surface area contributed by atoms with Crippen molar-refractivity contribution in [2.45, 2.75) is 6.61 Å². The van der Waals surface area contributed by atoms with Gasteiger partial charge < -0.3 is 9.84 Å². The Balaban J connectivity index is 1.38. The van der Waals surface area contributed by atoms with Crippen LogP contribution < -0.4 is 10.2 Å². The molecule has 0 atom stereocenters. The second-order valence-electron chi connectivity index (χ2n) is 6.90. The molecule has 0 bridgehead atoms. The molecule has 0 saturated carbocycles. The van der Waals surface area contributed by atoms with Gasteiger partial charge in [-0.05, 0) is 65.7 Å². The molecule has 0 aliphatic rings. The Bertz CT molecular complexity index is 1230. The maximum atomic E-state index is 12.3. The van der Waals surface area contributed by atoms with Crippen LogP contribution in [0.25, 0.3) is 11.3 Å². The van der Waals surface area contributed by atoms with E-state index in [1.807, 2.05) is 48.5 Å². The monoisotopic (exact) mass is 446 g/mol. The van der Waals surface area contributed by atoms with E-state index in [1.54, 1.807) is 18.2 Å². The smallest absolute Gasteiger partial charge is 0.289 e. The van der Waals surface area contributed by atoms with Crippen LogP contribution in [0.5, 0.6) is 11.5 Å². The van der Waals surface area contributed by atoms with Gasteiger partial charge in [-0.25, -0.2) is 5.43 Å². The SMILES string of the molecule is O=C(NN=Cc1ccc(O)cc1)c1cc(-c2cccc(OCc3ccc(Cl)cc3)c2)n[nH]1. The predicted molar refractivity (Wildman–Crippen MR) is 123 cm³/mol. The van der Waals surface area contributed by atoms with Crippen LogP contribution >= 0.6 is 11.6 Å². The first kappa shape index (κ1) is 21.1. The number of ether oxygens (including phenoxy) is 1. The second kappa shape index (κ2) is 9.80. The summed E-state index contributed by atoms with van der Waals surface area (Å²) in [6, 6.07) is 23.0. The normalized spacial score (nSPS) is 10.9. The minimum atomic E-state index is -0.422. The molecular weight excluding hydrogens is 428 g/mol. The van der Waals surface area contributed by atoms with Crippen molar-refractivity contribution in [3.8, 4) is 22.8 Å². The van der Waals surface area contributed by atoms with Gasteiger partial charge in [0.1, 0.15) is 23.8 Å². The number of amides is 1. The zero-order valence-electron chi connectivity index (χ0n) is 16.8. The van der Waals surface area contributed by atoms with Crippen molar-refractivity contribution in [1.82, 2.24) is 15.6 Å². The number of phenolic OH excluding ortho intramolecular Hbond substituents is 1. The number of aromatic hydroxyl groups is 1. The highest BCUT2D eigenvalue weighted by Crippen LogP contribution is 2.24. The minimum Gasteiger partial charge on any atom is -0.508 e. The molecule has 8 heteroatoms. The fourth-order valence-corrected chi connectivity index (χ4v) is 2.99. The third-order valence-corrected chi connectivity index (χ3v) is 4.80. The van der Waals surface area contributed by atoms with Crippen LogP contribution in [0.2, 0.25) is 5.02 Å². The van der Waals surface area contributed by atoms with Crippen LogP contribution in [0.4, 0.5) is 0 Å². The number of aromatic amines is 1. The molecule has 0 radical (unpaired) electrons. The van der Waals surface area contributed by atoms with E-state index in [-0.39, 0.29) is 11.4 Å². The molecule has 0 saturated heterocycles. The molecule has 1 heterocycles. The van der Waals surface area contributed by atoms with Crippen molar-refractivity contribution in [2.24, 2.45) is 5.10 Å². The number of carbonyl (C=O) groups is 1. The molecule has 32 heavy (non-hydrogen) atoms. The fraction of sp³-hybridized carbons (Fsp3) is 0.0417. The van der Waals surface area contributed by atoms with Crippen LogP contribution in [0.15, 0.2) is 84.0 Å². The van der Waals surface area contributed by atoms with Gasteiger partial charge in [0.15, 0.2) is 0 Å². The predicted octanol–water partition coefficient (Wildman–Crippen LogP) is 4.78. The van der Waals surface area contributed by atoms with Crippen molar-refractivity contribution in [2.75, 3.05) is 0 Å². The molecule has 7 nitrogen and oxygen atoms in total. The van der Waals surface area contributed by atoms with Crippen LogP contribution in [0.1, 0.15) is 21.6 Å². The summed E-state index contributed by atoms with van der Waals surface area (Å²) in [7, 11) is 0. The largest absolute Gasteiger partial charge is 0.508 e. The van der Waals surface area contributed by atoms with Gasteiger partial charge in [-0.1, -0.05) is 35.9 Å². The van der Waals surface area contributed by atoms with Gasteiger partial charge in [-0.2, -0.15) is 10.2 Å². The summed E-state index contributed by atoms with van der Waals surface area (Å²) < 4.78 is 5.86. The molecule has 160 valence electrons. The molecule has 3 aromatic carbocycles. The zero-order chi connectivity index (χ0) is 22.3. The minimum absolute atomic E-state index is 0.163. The molecule has 0 aliphatic heterocycles. The first-order valence-electron chi connectivity index (χ1n) is 9.72. The number of aromatic nitrogens is 2. The molecule has 1 amide bonds. The summed E-state index contributed by atoms with van der Waals surface area (Å²) in [6.45, 7) is 0.411. The number of nitrogens with one attached hydrogen (secondary N) is 2. The van der Waals surface area contributed by atoms with Gasteiger partial charge in [0.2, 0.25) is 0 Å². The summed E-state index contributed by atoms with van der Waals surface area (Å²) in [5.74, 6) is 0.425. The van der Waals surface area contributed by atoms with E-state index in [4.69, 9.17) is 16.3 Å². The van der Waals surface area contributed by atoms with E-state index in [1.165, 1.54) is 18.3 Å². The lowest BCUT2D eigenvalue weighted by Crippen LogP contribution is -2.17. The summed E-state index contributed by atoms with van der Waals surface area (Å²) in [6.07, 6.45) is 1.48. The molecular formula is C24H19ClN4O3. The van der Waals surface area contributed by atoms with Crippen LogP contribution in [-0.2, 0) is 6.61 Å². The number of rotatable bonds is 7. The first-order chi connectivity index (χ1) is 15.6. The highest BCUT2D eigenvalue weighted by molar-refractivity contribution is 6.30. The quantitative estimate of drug-likeness (QED) is 0.281. The topological polar surface area (TPSA) is 99.6 Å². The third-order valence-electron chi connectivity index (χ3n) is 4.54. The Morgan fingerprint density at radius 3 is 2.66 bits per heavy atom. The van der Waals surface area contributed by atoms with Gasteiger partial charge >= 0.3 is 0 Å². The van der Waals surface area contributed by atoms with Gasteiger partial charge in [-0.15, -0.1) is 0 Å². The standard InChI is InChI=1S/C24H19ClN4O3/c25-19-8-4-17(5-9-19)15-32-21-3-1-2-18(12-21)22-13-23(28-27-22)24(31)29-26-14-16-6-10-20(30)11-7-16/h1-14,30H,15H2,(H,27,28)(H,29,31). The number of benzene rings is 3. The van der Waals surface area contributed by atoms with Crippen molar-refractivity contribution < 1.29 is 14.6 Å². The molecule has 0 spiro atoms. The van der Waals surface area contributed by atoms with Gasteiger partial charge in [0, 0.05) is 10.6 Å². The maximum Gasteiger partial charge on any atom is 0.289 e. The van der Waals surface area contributed by atoms with E-state index in [2.05, 4.69) is 20.7 Å². The number of H-pyrrole nitrogens is 1. The Kier molecular flexibility index (Phi) is 6.48. The third kappa shape index (κ3) is 5.53. The molecule has 0 aliphatic carbocycles. The summed E-state index contributed by atoms with van der Waals surface area (Å²) >= 11 is 5.91. The Hall–Kier alpha value is -4.10. The number of nitrogens with zero attached hydrogens (tertiary/aromatic N) is 2. The van der Waals surface area contributed by atoms with E-state index in [9.17, 15) is 9.90 Å². The fourth-order valence-electron chi connectivity index (χ4n) is 2.86. The number of carbonyl (C=O) groups excluding carboxylic acids is 1. The summed E-state index contributed by atoms with van der Waals surface area (Å²) in [5, 5.41) is 20.8. The van der Waals surface area contributed by atoms with Crippen molar-refractivity contribution >= 4 is 23.7 Å². The van der Waals surface area contributed by atoms with Crippen LogP contribution in [0, 0.1) is 0 Å². The van der Waals surface area contributed by atoms with Crippen LogP contribution in [-0.4, -0.2) is 27.4 Å². The highest BCUT2D eigenvalue weighted by Gasteiger charge is 2.11. The second-order valence-corrected chi connectivity index (χ2v) is 7.34. The van der Waals surface area contributed by atoms with Crippen LogP contribution in [0.3, 0.4) is 0 Å². The Morgan fingerprint density at radius 1 is 1.09 bits per heavy atom. The Labute approximate surface area is 189 Å². The van der Waals surface area contributed by atoms with E-state index in [0.717, 1.165) is 16.7 Å². The molecule has 0 fully saturated rings. The van der Waals surface area contributed by atoms with Gasteiger partial charge in [-0.3, -0.25) is 9.89 Å². The lowest BCUT2D eigenvalue weighted by atomic mass is 10.1. The lowest BCUT2D eigenvalue weighted by Gasteiger charge is -2.07. The molecule has 4 aromatic rings. The number of halogens is 1. The van der Waals surface area contributed by atoms with E-state index < -0.39 is 5.91 Å². The van der Waals surface area contributed by atoms with Crippen molar-refractivity contribution in [3.63, 3.8) is 0 Å². The lowest BCUT2D eigenvalue weighted by molar-refractivity contribution is 0.0950.